The van der Waals surface area contributed by atoms with Gasteiger partial charge in [0, 0.05) is 70.7 Å². The van der Waals surface area contributed by atoms with E-state index in [1.165, 1.54) is 5.56 Å². The van der Waals surface area contributed by atoms with E-state index >= 15 is 0 Å². The standard InChI is InChI=1S/C28H30ClN5O3/c29-25-9-5-4-8-24(25)28(35)33-18-16-31(17-19-33)23-10-11-26(34(36)37)27(20-23)32-14-12-30(13-15-32)21-22-6-2-1-3-7-22/h1-11,20H,12-19,21H2. The zero-order valence-corrected chi connectivity index (χ0v) is 21.4. The largest absolute Gasteiger partial charge is 0.368 e. The second-order valence-corrected chi connectivity index (χ2v) is 9.85. The highest BCUT2D eigenvalue weighted by atomic mass is 35.5. The van der Waals surface area contributed by atoms with Crippen molar-refractivity contribution in [3.8, 4) is 0 Å². The molecule has 0 unspecified atom stereocenters. The summed E-state index contributed by atoms with van der Waals surface area (Å²) in [5, 5.41) is 12.3. The number of hydrogen-bond donors (Lipinski definition) is 0. The Hall–Kier alpha value is -3.62. The SMILES string of the molecule is O=C(c1ccccc1Cl)N1CCN(c2ccc([N+](=O)[O-])c(N3CCN(Cc4ccccc4)CC3)c2)CC1. The summed E-state index contributed by atoms with van der Waals surface area (Å²) >= 11 is 6.22. The maximum absolute atomic E-state index is 12.9. The predicted molar refractivity (Wildman–Crippen MR) is 147 cm³/mol. The van der Waals surface area contributed by atoms with E-state index in [-0.39, 0.29) is 16.5 Å². The van der Waals surface area contributed by atoms with E-state index in [1.807, 2.05) is 47.4 Å². The Morgan fingerprint density at radius 3 is 2.14 bits per heavy atom. The summed E-state index contributed by atoms with van der Waals surface area (Å²) in [4.78, 5) is 33.0. The number of nitrogens with zero attached hydrogens (tertiary/aromatic N) is 5. The first-order valence-electron chi connectivity index (χ1n) is 12.6. The van der Waals surface area contributed by atoms with Crippen LogP contribution in [0.15, 0.2) is 72.8 Å². The van der Waals surface area contributed by atoms with Crippen molar-refractivity contribution in [3.63, 3.8) is 0 Å². The summed E-state index contributed by atoms with van der Waals surface area (Å²) in [6.07, 6.45) is 0. The summed E-state index contributed by atoms with van der Waals surface area (Å²) in [6, 6.07) is 22.8. The third kappa shape index (κ3) is 5.70. The number of halogens is 1. The molecule has 3 aromatic rings. The average molecular weight is 520 g/mol. The molecular weight excluding hydrogens is 490 g/mol. The van der Waals surface area contributed by atoms with Gasteiger partial charge in [-0.1, -0.05) is 54.1 Å². The van der Waals surface area contributed by atoms with Crippen LogP contribution in [-0.4, -0.2) is 73.0 Å². The van der Waals surface area contributed by atoms with Crippen LogP contribution < -0.4 is 9.80 Å². The van der Waals surface area contributed by atoms with E-state index in [0.29, 0.717) is 42.5 Å². The molecule has 0 aromatic heterocycles. The number of benzene rings is 3. The second-order valence-electron chi connectivity index (χ2n) is 9.44. The molecule has 0 N–H and O–H groups in total. The van der Waals surface area contributed by atoms with Crippen molar-refractivity contribution >= 4 is 34.6 Å². The Kier molecular flexibility index (Phi) is 7.58. The fourth-order valence-electron chi connectivity index (χ4n) is 5.08. The summed E-state index contributed by atoms with van der Waals surface area (Å²) < 4.78 is 0. The lowest BCUT2D eigenvalue weighted by Crippen LogP contribution is -2.49. The molecule has 192 valence electrons. The van der Waals surface area contributed by atoms with Gasteiger partial charge >= 0.3 is 0 Å². The normalized spacial score (nSPS) is 16.6. The van der Waals surface area contributed by atoms with E-state index in [1.54, 1.807) is 18.2 Å². The number of piperazine rings is 2. The first-order chi connectivity index (χ1) is 18.0. The van der Waals surface area contributed by atoms with E-state index in [4.69, 9.17) is 11.6 Å². The first kappa shape index (κ1) is 25.0. The predicted octanol–water partition coefficient (Wildman–Crippen LogP) is 4.53. The van der Waals surface area contributed by atoms with Gasteiger partial charge < -0.3 is 14.7 Å². The number of rotatable bonds is 6. The fourth-order valence-corrected chi connectivity index (χ4v) is 5.29. The number of carbonyl (C=O) groups is 1. The van der Waals surface area contributed by atoms with Crippen molar-refractivity contribution in [2.75, 3.05) is 62.2 Å². The molecule has 37 heavy (non-hydrogen) atoms. The Labute approximate surface area is 221 Å². The molecule has 9 heteroatoms. The molecule has 2 saturated heterocycles. The number of amides is 1. The summed E-state index contributed by atoms with van der Waals surface area (Å²) in [5.41, 5.74) is 3.53. The van der Waals surface area contributed by atoms with Crippen LogP contribution in [0.2, 0.25) is 5.02 Å². The van der Waals surface area contributed by atoms with E-state index in [2.05, 4.69) is 26.8 Å². The minimum Gasteiger partial charge on any atom is -0.368 e. The highest BCUT2D eigenvalue weighted by Crippen LogP contribution is 2.34. The first-order valence-corrected chi connectivity index (χ1v) is 13.0. The Morgan fingerprint density at radius 1 is 0.811 bits per heavy atom. The van der Waals surface area contributed by atoms with Gasteiger partial charge in [0.25, 0.3) is 11.6 Å². The minimum absolute atomic E-state index is 0.0667. The van der Waals surface area contributed by atoms with Gasteiger partial charge in [0.1, 0.15) is 5.69 Å². The molecule has 0 bridgehead atoms. The van der Waals surface area contributed by atoms with Crippen molar-refractivity contribution in [3.05, 3.63) is 99.1 Å². The highest BCUT2D eigenvalue weighted by Gasteiger charge is 2.27. The summed E-state index contributed by atoms with van der Waals surface area (Å²) in [7, 11) is 0. The van der Waals surface area contributed by atoms with Gasteiger partial charge in [0.2, 0.25) is 0 Å². The second kappa shape index (κ2) is 11.2. The van der Waals surface area contributed by atoms with E-state index in [0.717, 1.165) is 38.4 Å². The van der Waals surface area contributed by atoms with Crippen molar-refractivity contribution < 1.29 is 9.72 Å². The third-order valence-corrected chi connectivity index (χ3v) is 7.48. The van der Waals surface area contributed by atoms with Gasteiger partial charge in [0.05, 0.1) is 15.5 Å². The lowest BCUT2D eigenvalue weighted by molar-refractivity contribution is -0.384. The molecule has 8 nitrogen and oxygen atoms in total. The smallest absolute Gasteiger partial charge is 0.292 e. The molecule has 2 fully saturated rings. The maximum atomic E-state index is 12.9. The maximum Gasteiger partial charge on any atom is 0.292 e. The van der Waals surface area contributed by atoms with E-state index in [9.17, 15) is 14.9 Å². The quantitative estimate of drug-likeness (QED) is 0.352. The van der Waals surface area contributed by atoms with Crippen LogP contribution in [0.4, 0.5) is 17.1 Å². The van der Waals surface area contributed by atoms with Crippen LogP contribution in [-0.2, 0) is 6.54 Å². The molecule has 0 radical (unpaired) electrons. The molecule has 5 rings (SSSR count). The van der Waals surface area contributed by atoms with Crippen molar-refractivity contribution in [1.82, 2.24) is 9.80 Å². The molecule has 3 aromatic carbocycles. The van der Waals surface area contributed by atoms with Gasteiger partial charge in [-0.15, -0.1) is 0 Å². The zero-order chi connectivity index (χ0) is 25.8. The number of nitro benzene ring substituents is 1. The minimum atomic E-state index is -0.296. The lowest BCUT2D eigenvalue weighted by atomic mass is 10.1. The fraction of sp³-hybridized carbons (Fsp3) is 0.321. The van der Waals surface area contributed by atoms with Gasteiger partial charge in [-0.05, 0) is 29.8 Å². The molecule has 1 amide bonds. The topological polar surface area (TPSA) is 73.2 Å². The van der Waals surface area contributed by atoms with Crippen LogP contribution in [0.1, 0.15) is 15.9 Å². The molecule has 2 aliphatic rings. The van der Waals surface area contributed by atoms with Crippen molar-refractivity contribution in [2.24, 2.45) is 0 Å². The Balaban J connectivity index is 1.25. The zero-order valence-electron chi connectivity index (χ0n) is 20.6. The number of carbonyl (C=O) groups excluding carboxylic acids is 1. The third-order valence-electron chi connectivity index (χ3n) is 7.15. The van der Waals surface area contributed by atoms with Crippen molar-refractivity contribution in [1.29, 1.82) is 0 Å². The van der Waals surface area contributed by atoms with E-state index < -0.39 is 0 Å². The van der Waals surface area contributed by atoms with Gasteiger partial charge in [-0.2, -0.15) is 0 Å². The average Bonchev–Trinajstić information content (AvgIpc) is 2.94. The molecule has 2 heterocycles. The monoisotopic (exact) mass is 519 g/mol. The molecular formula is C28H30ClN5O3. The summed E-state index contributed by atoms with van der Waals surface area (Å²) in [6.45, 7) is 6.47. The van der Waals surface area contributed by atoms with Gasteiger partial charge in [-0.25, -0.2) is 0 Å². The van der Waals surface area contributed by atoms with Crippen LogP contribution in [0.25, 0.3) is 0 Å². The summed E-state index contributed by atoms with van der Waals surface area (Å²) in [5.74, 6) is -0.0667. The molecule has 0 aliphatic carbocycles. The molecule has 0 saturated carbocycles. The molecule has 0 spiro atoms. The van der Waals surface area contributed by atoms with Crippen molar-refractivity contribution in [2.45, 2.75) is 6.54 Å². The number of nitro groups is 1. The van der Waals surface area contributed by atoms with Gasteiger partial charge in [-0.3, -0.25) is 19.8 Å². The van der Waals surface area contributed by atoms with Crippen LogP contribution in [0.3, 0.4) is 0 Å². The Morgan fingerprint density at radius 2 is 1.46 bits per heavy atom. The van der Waals surface area contributed by atoms with Crippen LogP contribution in [0, 0.1) is 10.1 Å². The lowest BCUT2D eigenvalue weighted by Gasteiger charge is -2.38. The van der Waals surface area contributed by atoms with Crippen LogP contribution in [0.5, 0.6) is 0 Å². The molecule has 2 aliphatic heterocycles. The number of anilines is 2. The number of hydrogen-bond acceptors (Lipinski definition) is 6. The van der Waals surface area contributed by atoms with Gasteiger partial charge in [0.15, 0.2) is 0 Å². The molecule has 0 atom stereocenters. The highest BCUT2D eigenvalue weighted by molar-refractivity contribution is 6.33. The van der Waals surface area contributed by atoms with Crippen LogP contribution >= 0.6 is 11.6 Å². The Bertz CT molecular complexity index is 1260.